The van der Waals surface area contributed by atoms with Crippen molar-refractivity contribution in [3.05, 3.63) is 24.5 Å². The summed E-state index contributed by atoms with van der Waals surface area (Å²) in [5.41, 5.74) is 0.370. The number of pyridine rings is 1. The van der Waals surface area contributed by atoms with E-state index in [0.717, 1.165) is 0 Å². The van der Waals surface area contributed by atoms with Crippen molar-refractivity contribution in [2.45, 2.75) is 6.18 Å². The van der Waals surface area contributed by atoms with Gasteiger partial charge in [-0.3, -0.25) is 4.98 Å². The third-order valence-corrected chi connectivity index (χ3v) is 1.15. The van der Waals surface area contributed by atoms with Crippen LogP contribution in [0.4, 0.5) is 18.9 Å². The van der Waals surface area contributed by atoms with E-state index < -0.39 is 12.7 Å². The molecule has 0 aliphatic heterocycles. The molecule has 1 N–H and O–H groups in total. The number of alkyl halides is 3. The minimum atomic E-state index is -4.18. The third-order valence-electron chi connectivity index (χ3n) is 1.15. The van der Waals surface area contributed by atoms with E-state index in [1.165, 1.54) is 18.5 Å². The molecule has 1 rings (SSSR count). The SMILES string of the molecule is FC(F)(F)CNc1cccnc1. The number of aromatic nitrogens is 1. The Balaban J connectivity index is 2.44. The molecule has 5 heteroatoms. The Morgan fingerprint density at radius 3 is 2.67 bits per heavy atom. The maximum atomic E-state index is 11.7. The van der Waals surface area contributed by atoms with Crippen LogP contribution in [0.5, 0.6) is 0 Å². The fourth-order valence-electron chi connectivity index (χ4n) is 0.670. The smallest absolute Gasteiger partial charge is 0.375 e. The second-order valence-electron chi connectivity index (χ2n) is 2.21. The van der Waals surface area contributed by atoms with Gasteiger partial charge >= 0.3 is 6.18 Å². The Morgan fingerprint density at radius 1 is 1.42 bits per heavy atom. The first-order valence-corrected chi connectivity index (χ1v) is 3.28. The van der Waals surface area contributed by atoms with E-state index in [4.69, 9.17) is 0 Å². The standard InChI is InChI=1S/C7H7F3N2/c8-7(9,10)5-12-6-2-1-3-11-4-6/h1-4,12H,5H2. The summed E-state index contributed by atoms with van der Waals surface area (Å²) in [5.74, 6) is 0. The van der Waals surface area contributed by atoms with Crippen LogP contribution in [0.15, 0.2) is 24.5 Å². The van der Waals surface area contributed by atoms with Crippen molar-refractivity contribution in [2.24, 2.45) is 0 Å². The largest absolute Gasteiger partial charge is 0.405 e. The molecule has 2 nitrogen and oxygen atoms in total. The molecule has 0 fully saturated rings. The van der Waals surface area contributed by atoms with E-state index in [9.17, 15) is 13.2 Å². The molecule has 12 heavy (non-hydrogen) atoms. The van der Waals surface area contributed by atoms with Crippen molar-refractivity contribution in [3.63, 3.8) is 0 Å². The summed E-state index contributed by atoms with van der Waals surface area (Å²) in [5, 5.41) is 2.20. The maximum Gasteiger partial charge on any atom is 0.405 e. The molecule has 0 aromatic carbocycles. The Morgan fingerprint density at radius 2 is 2.17 bits per heavy atom. The highest BCUT2D eigenvalue weighted by atomic mass is 19.4. The van der Waals surface area contributed by atoms with Gasteiger partial charge in [0.15, 0.2) is 0 Å². The predicted molar refractivity (Wildman–Crippen MR) is 38.8 cm³/mol. The van der Waals surface area contributed by atoms with Crippen LogP contribution in [0.3, 0.4) is 0 Å². The van der Waals surface area contributed by atoms with Crippen LogP contribution in [0.1, 0.15) is 0 Å². The second-order valence-corrected chi connectivity index (χ2v) is 2.21. The summed E-state index contributed by atoms with van der Waals surface area (Å²) >= 11 is 0. The van der Waals surface area contributed by atoms with Crippen LogP contribution < -0.4 is 5.32 Å². The number of hydrogen-bond donors (Lipinski definition) is 1. The zero-order valence-corrected chi connectivity index (χ0v) is 6.10. The van der Waals surface area contributed by atoms with Gasteiger partial charge in [0.1, 0.15) is 6.54 Å². The number of nitrogens with zero attached hydrogens (tertiary/aromatic N) is 1. The highest BCUT2D eigenvalue weighted by Crippen LogP contribution is 2.15. The van der Waals surface area contributed by atoms with Gasteiger partial charge in [-0.1, -0.05) is 0 Å². The lowest BCUT2D eigenvalue weighted by atomic mass is 10.4. The van der Waals surface area contributed by atoms with Crippen molar-refractivity contribution in [1.82, 2.24) is 4.98 Å². The third kappa shape index (κ3) is 3.23. The van der Waals surface area contributed by atoms with Gasteiger partial charge < -0.3 is 5.32 Å². The average molecular weight is 176 g/mol. The number of nitrogens with one attached hydrogen (secondary N) is 1. The molecule has 0 aliphatic rings. The topological polar surface area (TPSA) is 24.9 Å². The van der Waals surface area contributed by atoms with Gasteiger partial charge in [-0.2, -0.15) is 13.2 Å². The maximum absolute atomic E-state index is 11.7. The Labute approximate surface area is 67.4 Å². The first kappa shape index (κ1) is 8.83. The summed E-state index contributed by atoms with van der Waals surface area (Å²) in [4.78, 5) is 3.66. The molecule has 0 saturated carbocycles. The molecule has 0 spiro atoms. The van der Waals surface area contributed by atoms with Gasteiger partial charge in [-0.05, 0) is 12.1 Å². The zero-order chi connectivity index (χ0) is 9.03. The van der Waals surface area contributed by atoms with E-state index in [2.05, 4.69) is 10.3 Å². The van der Waals surface area contributed by atoms with Crippen LogP contribution in [0.2, 0.25) is 0 Å². The fourth-order valence-corrected chi connectivity index (χ4v) is 0.670. The minimum absolute atomic E-state index is 0.370. The van der Waals surface area contributed by atoms with E-state index in [0.29, 0.717) is 5.69 Å². The van der Waals surface area contributed by atoms with E-state index in [-0.39, 0.29) is 0 Å². The van der Waals surface area contributed by atoms with Crippen molar-refractivity contribution in [1.29, 1.82) is 0 Å². The first-order valence-electron chi connectivity index (χ1n) is 3.28. The summed E-state index contributed by atoms with van der Waals surface area (Å²) in [6.07, 6.45) is -1.35. The molecule has 1 aromatic rings. The Kier molecular flexibility index (Phi) is 2.52. The van der Waals surface area contributed by atoms with Gasteiger partial charge in [0.25, 0.3) is 0 Å². The van der Waals surface area contributed by atoms with Crippen molar-refractivity contribution in [3.8, 4) is 0 Å². The summed E-state index contributed by atoms with van der Waals surface area (Å²) in [6.45, 7) is -1.03. The molecule has 66 valence electrons. The van der Waals surface area contributed by atoms with Gasteiger partial charge in [0, 0.05) is 12.4 Å². The predicted octanol–water partition coefficient (Wildman–Crippen LogP) is 2.06. The number of anilines is 1. The van der Waals surface area contributed by atoms with Crippen LogP contribution in [-0.4, -0.2) is 17.7 Å². The number of rotatable bonds is 2. The molecule has 0 amide bonds. The van der Waals surface area contributed by atoms with Crippen molar-refractivity contribution < 1.29 is 13.2 Å². The molecule has 0 atom stereocenters. The fraction of sp³-hybridized carbons (Fsp3) is 0.286. The molecule has 1 aromatic heterocycles. The average Bonchev–Trinajstić information content (AvgIpc) is 2.02. The van der Waals surface area contributed by atoms with Crippen molar-refractivity contribution in [2.75, 3.05) is 11.9 Å². The van der Waals surface area contributed by atoms with Crippen LogP contribution in [0.25, 0.3) is 0 Å². The van der Waals surface area contributed by atoms with E-state index in [1.54, 1.807) is 6.07 Å². The number of halogens is 3. The Hall–Kier alpha value is -1.26. The molecule has 0 bridgehead atoms. The Bertz CT molecular complexity index is 232. The molecule has 0 aliphatic carbocycles. The molecule has 0 unspecified atom stereocenters. The molecule has 0 radical (unpaired) electrons. The molecule has 1 heterocycles. The summed E-state index contributed by atoms with van der Waals surface area (Å²) in [6, 6.07) is 3.09. The van der Waals surface area contributed by atoms with Crippen LogP contribution in [-0.2, 0) is 0 Å². The quantitative estimate of drug-likeness (QED) is 0.745. The highest BCUT2D eigenvalue weighted by Gasteiger charge is 2.26. The normalized spacial score (nSPS) is 11.2. The van der Waals surface area contributed by atoms with Crippen LogP contribution in [0, 0.1) is 0 Å². The lowest BCUT2D eigenvalue weighted by Crippen LogP contribution is -2.21. The lowest BCUT2D eigenvalue weighted by molar-refractivity contribution is -0.115. The highest BCUT2D eigenvalue weighted by molar-refractivity contribution is 5.39. The summed E-state index contributed by atoms with van der Waals surface area (Å²) < 4.78 is 35.0. The molecular weight excluding hydrogens is 169 g/mol. The van der Waals surface area contributed by atoms with E-state index >= 15 is 0 Å². The molecule has 0 saturated heterocycles. The summed E-state index contributed by atoms with van der Waals surface area (Å²) in [7, 11) is 0. The van der Waals surface area contributed by atoms with Crippen molar-refractivity contribution >= 4 is 5.69 Å². The monoisotopic (exact) mass is 176 g/mol. The number of hydrogen-bond acceptors (Lipinski definition) is 2. The van der Waals surface area contributed by atoms with Gasteiger partial charge in [-0.15, -0.1) is 0 Å². The van der Waals surface area contributed by atoms with E-state index in [1.807, 2.05) is 0 Å². The van der Waals surface area contributed by atoms with Gasteiger partial charge in [0.2, 0.25) is 0 Å². The lowest BCUT2D eigenvalue weighted by Gasteiger charge is -2.08. The van der Waals surface area contributed by atoms with Crippen LogP contribution >= 0.6 is 0 Å². The first-order chi connectivity index (χ1) is 5.58. The van der Waals surface area contributed by atoms with Gasteiger partial charge in [-0.25, -0.2) is 0 Å². The molecular formula is C7H7F3N2. The zero-order valence-electron chi connectivity index (χ0n) is 6.10. The minimum Gasteiger partial charge on any atom is -0.375 e. The second kappa shape index (κ2) is 3.42. The van der Waals surface area contributed by atoms with Gasteiger partial charge in [0.05, 0.1) is 5.69 Å².